The molecule has 0 aromatic rings. The predicted molar refractivity (Wildman–Crippen MR) is 317 cm³/mol. The van der Waals surface area contributed by atoms with Crippen LogP contribution in [0, 0.1) is 0 Å². The fourth-order valence-corrected chi connectivity index (χ4v) is 13.0. The SMILES string of the molecule is CC(=O)NC1C(OCC2OC(OC(C(O)CO)C(O)C(O)C=O)C(O)C(OC3OC(CO)C(OC4OC(C)C(O)C(O)C4O)C(OC4OC(CO)C(O)C(O)C4OC4OC(C)C(O)C(O)C4O)C3NC(C)=O)C2O)OC(CO)C(OC2OC(CO)C(O)C(O)C2O)C1OC1OC(C)C(O)C(O)C1O. The Balaban J connectivity index is 1.20. The van der Waals surface area contributed by atoms with Gasteiger partial charge in [-0.15, -0.1) is 0 Å². The van der Waals surface area contributed by atoms with Crippen LogP contribution in [0.4, 0.5) is 0 Å². The second-order valence-electron chi connectivity index (χ2n) is 26.3. The summed E-state index contributed by atoms with van der Waals surface area (Å²) < 4.78 is 96.1. The molecule has 0 aliphatic carbocycles. The number of aliphatic hydroxyl groups is 24. The van der Waals surface area contributed by atoms with Crippen LogP contribution in [0.15, 0.2) is 0 Å². The van der Waals surface area contributed by atoms with Gasteiger partial charge in [0.1, 0.15) is 201 Å². The molecule has 44 atom stereocenters. The fourth-order valence-electron chi connectivity index (χ4n) is 13.0. The smallest absolute Gasteiger partial charge is 0.217 e. The lowest BCUT2D eigenvalue weighted by Gasteiger charge is -2.52. The summed E-state index contributed by atoms with van der Waals surface area (Å²) in [6.45, 7) is -1.43. The molecule has 0 saturated carbocycles. The lowest BCUT2D eigenvalue weighted by atomic mass is 9.93. The summed E-state index contributed by atoms with van der Waals surface area (Å²) >= 11 is 0. The van der Waals surface area contributed by atoms with Crippen LogP contribution in [-0.2, 0) is 90.2 Å². The van der Waals surface area contributed by atoms with Crippen molar-refractivity contribution in [2.75, 3.05) is 39.6 Å². The summed E-state index contributed by atoms with van der Waals surface area (Å²) in [5, 5.41) is 269. The number of aliphatic hydroxyl groups excluding tert-OH is 24. The van der Waals surface area contributed by atoms with E-state index in [0.717, 1.165) is 13.8 Å². The highest BCUT2D eigenvalue weighted by Gasteiger charge is 2.61. The topological polar surface area (TPSA) is 708 Å². The second-order valence-corrected chi connectivity index (χ2v) is 26.3. The minimum absolute atomic E-state index is 0.222. The van der Waals surface area contributed by atoms with Crippen molar-refractivity contribution in [1.29, 1.82) is 0 Å². The highest BCUT2D eigenvalue weighted by atomic mass is 16.8. The Morgan fingerprint density at radius 3 is 1.15 bits per heavy atom. The maximum Gasteiger partial charge on any atom is 0.217 e. The molecule has 8 aliphatic rings. The summed E-state index contributed by atoms with van der Waals surface area (Å²) in [5.74, 6) is -2.01. The van der Waals surface area contributed by atoms with E-state index in [1.807, 2.05) is 0 Å². The Hall–Kier alpha value is -2.99. The first-order chi connectivity index (χ1) is 48.6. The van der Waals surface area contributed by atoms with Gasteiger partial charge in [-0.1, -0.05) is 0 Å². The third-order valence-corrected chi connectivity index (χ3v) is 19.0. The fraction of sp³-hybridized carbons (Fsp3) is 0.948. The normalized spacial score (nSPS) is 49.0. The zero-order valence-corrected chi connectivity index (χ0v) is 55.7. The van der Waals surface area contributed by atoms with Gasteiger partial charge in [0.05, 0.1) is 58.0 Å². The number of hydrogen-bond donors (Lipinski definition) is 26. The Kier molecular flexibility index (Phi) is 30.9. The standard InChI is InChI=1S/C58H98N2O43/c1-13-27(71)34(78)39(83)53(89-13)98-46-23(11-66)95-52(26(60-17(5)68)48(46)101-58-50(38(82)32(76)21(9-64)93-58)103-55-41(85)36(80)29(73)15(3)91-55)102-49-33(77)24(96-57(43(49)87)97-44(19(70)7-62)30(74)18(69)6-61)12-88-51-25(59-16(4)67)47(100-54-40(84)35(79)28(72)14(2)90-54)45(22(10-65)94-51)99-56-42(86)37(81)31(75)20(8-63)92-56/h6,13-15,18-58,62-66,69-87H,7-12H2,1-5H3,(H,59,67)(H,60,68). The molecule has 26 N–H and O–H groups in total. The van der Waals surface area contributed by atoms with Crippen molar-refractivity contribution in [2.45, 2.75) is 305 Å². The van der Waals surface area contributed by atoms with Crippen molar-refractivity contribution in [3.05, 3.63) is 0 Å². The van der Waals surface area contributed by atoms with E-state index in [-0.39, 0.29) is 6.29 Å². The highest BCUT2D eigenvalue weighted by Crippen LogP contribution is 2.40. The van der Waals surface area contributed by atoms with Gasteiger partial charge in [0.25, 0.3) is 0 Å². The largest absolute Gasteiger partial charge is 0.394 e. The van der Waals surface area contributed by atoms with Crippen molar-refractivity contribution >= 4 is 18.1 Å². The number of ether oxygens (including phenoxy) is 16. The van der Waals surface area contributed by atoms with Gasteiger partial charge in [-0.2, -0.15) is 0 Å². The van der Waals surface area contributed by atoms with Crippen LogP contribution >= 0.6 is 0 Å². The predicted octanol–water partition coefficient (Wildman–Crippen LogP) is -17.4. The summed E-state index contributed by atoms with van der Waals surface area (Å²) in [7, 11) is 0. The highest BCUT2D eigenvalue weighted by molar-refractivity contribution is 5.73. The second kappa shape index (κ2) is 37.1. The first-order valence-electron chi connectivity index (χ1n) is 33.0. The van der Waals surface area contributed by atoms with E-state index >= 15 is 0 Å². The summed E-state index contributed by atoms with van der Waals surface area (Å²) in [5.41, 5.74) is 0. The van der Waals surface area contributed by atoms with E-state index in [4.69, 9.17) is 75.8 Å². The van der Waals surface area contributed by atoms with Gasteiger partial charge >= 0.3 is 0 Å². The molecule has 8 saturated heterocycles. The Morgan fingerprint density at radius 2 is 0.718 bits per heavy atom. The van der Waals surface area contributed by atoms with Gasteiger partial charge < -0.3 is 214 Å². The van der Waals surface area contributed by atoms with Crippen LogP contribution in [-0.4, -0.2) is 450 Å². The Labute approximate surface area is 584 Å². The van der Waals surface area contributed by atoms with Crippen molar-refractivity contribution in [1.82, 2.24) is 10.6 Å². The lowest BCUT2D eigenvalue weighted by molar-refractivity contribution is -0.400. The van der Waals surface area contributed by atoms with E-state index in [2.05, 4.69) is 10.6 Å². The van der Waals surface area contributed by atoms with Crippen LogP contribution in [0.2, 0.25) is 0 Å². The zero-order chi connectivity index (χ0) is 76.2. The summed E-state index contributed by atoms with van der Waals surface area (Å²) in [6.07, 6.45) is -86.9. The Morgan fingerprint density at radius 1 is 0.369 bits per heavy atom. The number of carbonyl (C=O) groups is 3. The molecular formula is C58H98N2O43. The van der Waals surface area contributed by atoms with Crippen LogP contribution in [0.3, 0.4) is 0 Å². The van der Waals surface area contributed by atoms with E-state index in [0.29, 0.717) is 0 Å². The molecule has 45 nitrogen and oxygen atoms in total. The molecular weight excluding hydrogens is 1410 g/mol. The molecule has 0 aromatic heterocycles. The number of hydrogen-bond acceptors (Lipinski definition) is 43. The van der Waals surface area contributed by atoms with Crippen molar-refractivity contribution in [3.8, 4) is 0 Å². The first-order valence-corrected chi connectivity index (χ1v) is 33.0. The molecule has 2 amide bonds. The monoisotopic (exact) mass is 1510 g/mol. The van der Waals surface area contributed by atoms with E-state index in [9.17, 15) is 137 Å². The molecule has 598 valence electrons. The quantitative estimate of drug-likeness (QED) is 0.0324. The van der Waals surface area contributed by atoms with Gasteiger partial charge in [-0.3, -0.25) is 9.59 Å². The molecule has 8 heterocycles. The van der Waals surface area contributed by atoms with Gasteiger partial charge in [-0.05, 0) is 20.8 Å². The van der Waals surface area contributed by atoms with Gasteiger partial charge in [-0.25, -0.2) is 0 Å². The molecule has 0 aromatic carbocycles. The minimum Gasteiger partial charge on any atom is -0.394 e. The third-order valence-electron chi connectivity index (χ3n) is 19.0. The van der Waals surface area contributed by atoms with Crippen LogP contribution in [0.5, 0.6) is 0 Å². The van der Waals surface area contributed by atoms with Gasteiger partial charge in [0, 0.05) is 13.8 Å². The van der Waals surface area contributed by atoms with Crippen molar-refractivity contribution < 1.29 is 213 Å². The zero-order valence-electron chi connectivity index (χ0n) is 55.7. The van der Waals surface area contributed by atoms with E-state index < -0.39 is 321 Å². The molecule has 44 unspecified atom stereocenters. The van der Waals surface area contributed by atoms with Crippen molar-refractivity contribution in [3.63, 3.8) is 0 Å². The number of amides is 2. The summed E-state index contributed by atoms with van der Waals surface area (Å²) in [4.78, 5) is 38.8. The molecule has 0 bridgehead atoms. The lowest BCUT2D eigenvalue weighted by Crippen LogP contribution is -2.71. The van der Waals surface area contributed by atoms with Gasteiger partial charge in [0.15, 0.2) is 56.6 Å². The molecule has 8 fully saturated rings. The van der Waals surface area contributed by atoms with Crippen LogP contribution in [0.25, 0.3) is 0 Å². The number of rotatable bonds is 28. The molecule has 45 heteroatoms. The van der Waals surface area contributed by atoms with Crippen LogP contribution in [0.1, 0.15) is 34.6 Å². The first kappa shape index (κ1) is 85.6. The van der Waals surface area contributed by atoms with Crippen molar-refractivity contribution in [2.24, 2.45) is 0 Å². The number of nitrogens with one attached hydrogen (secondary N) is 2. The minimum atomic E-state index is -2.59. The number of carbonyl (C=O) groups excluding carboxylic acids is 3. The average molecular weight is 1510 g/mol. The summed E-state index contributed by atoms with van der Waals surface area (Å²) in [6, 6.07) is -4.04. The maximum atomic E-state index is 13.6. The molecule has 0 radical (unpaired) electrons. The average Bonchev–Trinajstić information content (AvgIpc) is 0.763. The molecule has 103 heavy (non-hydrogen) atoms. The van der Waals surface area contributed by atoms with Gasteiger partial charge in [0.2, 0.25) is 11.8 Å². The third kappa shape index (κ3) is 18.9. The van der Waals surface area contributed by atoms with E-state index in [1.54, 1.807) is 0 Å². The molecule has 8 rings (SSSR count). The number of aldehydes is 1. The van der Waals surface area contributed by atoms with E-state index in [1.165, 1.54) is 20.8 Å². The molecule has 0 spiro atoms. The Bertz CT molecular complexity index is 2640. The maximum absolute atomic E-state index is 13.6. The molecule has 8 aliphatic heterocycles. The van der Waals surface area contributed by atoms with Crippen LogP contribution < -0.4 is 10.6 Å².